The molecule has 1 aliphatic carbocycles. The summed E-state index contributed by atoms with van der Waals surface area (Å²) in [4.78, 5) is 25.8. The molecular formula is C21H34N6O2+2. The number of amides is 2. The van der Waals surface area contributed by atoms with Crippen molar-refractivity contribution in [3.8, 4) is 0 Å². The Kier molecular flexibility index (Phi) is 6.39. The molecule has 1 fully saturated rings. The van der Waals surface area contributed by atoms with Gasteiger partial charge in [-0.25, -0.2) is 18.3 Å². The molecule has 3 rings (SSSR count). The summed E-state index contributed by atoms with van der Waals surface area (Å²) in [7, 11) is 3.77. The van der Waals surface area contributed by atoms with Crippen LogP contribution in [0.3, 0.4) is 0 Å². The molecule has 1 saturated carbocycles. The zero-order valence-corrected chi connectivity index (χ0v) is 18.2. The first-order chi connectivity index (χ1) is 13.9. The molecule has 2 heterocycles. The molecule has 29 heavy (non-hydrogen) atoms. The number of hydrogen-bond donors (Lipinski definition) is 2. The molecule has 2 aromatic heterocycles. The largest absolute Gasteiger partial charge is 0.347 e. The summed E-state index contributed by atoms with van der Waals surface area (Å²) >= 11 is 0. The molecule has 0 bridgehead atoms. The summed E-state index contributed by atoms with van der Waals surface area (Å²) in [6.45, 7) is 7.66. The first-order valence-corrected chi connectivity index (χ1v) is 10.6. The minimum Gasteiger partial charge on any atom is -0.342 e. The Morgan fingerprint density at radius 1 is 0.931 bits per heavy atom. The van der Waals surface area contributed by atoms with Crippen molar-refractivity contribution < 1.29 is 18.7 Å². The van der Waals surface area contributed by atoms with Crippen LogP contribution in [0, 0.1) is 5.92 Å². The van der Waals surface area contributed by atoms with Gasteiger partial charge in [-0.05, 0) is 39.0 Å². The molecular weight excluding hydrogens is 368 g/mol. The van der Waals surface area contributed by atoms with Gasteiger partial charge in [0.2, 0.25) is 0 Å². The standard InChI is InChI=1S/C21H32N6O2/c1-6-26-13-11-24(4)20(26)18(28)22-16-9-8-10-17(15(16)3)23-19(29)21-25(5)12-14-27(21)7-2/h11-17H,6-10H2,1-5H3/p+2. The predicted molar refractivity (Wildman–Crippen MR) is 108 cm³/mol. The second-order valence-electron chi connectivity index (χ2n) is 7.99. The highest BCUT2D eigenvalue weighted by atomic mass is 16.2. The van der Waals surface area contributed by atoms with Crippen molar-refractivity contribution in [2.75, 3.05) is 0 Å². The SMILES string of the molecule is CCn1cc[n+](C)c1C(=O)NC1CCCC(NC(=O)c2n(CC)cc[n+]2C)C1C. The fraction of sp³-hybridized carbons (Fsp3) is 0.619. The Balaban J connectivity index is 1.69. The lowest BCUT2D eigenvalue weighted by Crippen LogP contribution is -2.54. The molecule has 2 atom stereocenters. The van der Waals surface area contributed by atoms with Gasteiger partial charge in [-0.15, -0.1) is 0 Å². The van der Waals surface area contributed by atoms with Gasteiger partial charge in [0, 0.05) is 12.1 Å². The average molecular weight is 403 g/mol. The van der Waals surface area contributed by atoms with Crippen molar-refractivity contribution in [2.24, 2.45) is 20.0 Å². The molecule has 2 N–H and O–H groups in total. The molecule has 8 nitrogen and oxygen atoms in total. The van der Waals surface area contributed by atoms with E-state index in [1.807, 2.05) is 71.0 Å². The van der Waals surface area contributed by atoms with E-state index >= 15 is 0 Å². The van der Waals surface area contributed by atoms with Crippen LogP contribution in [0.25, 0.3) is 0 Å². The van der Waals surface area contributed by atoms with Crippen molar-refractivity contribution in [3.63, 3.8) is 0 Å². The van der Waals surface area contributed by atoms with E-state index in [0.29, 0.717) is 11.6 Å². The van der Waals surface area contributed by atoms with E-state index in [2.05, 4.69) is 17.6 Å². The van der Waals surface area contributed by atoms with Crippen molar-refractivity contribution in [3.05, 3.63) is 36.4 Å². The number of nitrogens with one attached hydrogen (secondary N) is 2. The normalized spacial score (nSPS) is 21.8. The van der Waals surface area contributed by atoms with Crippen molar-refractivity contribution >= 4 is 11.8 Å². The number of aromatic nitrogens is 4. The highest BCUT2D eigenvalue weighted by Crippen LogP contribution is 2.25. The van der Waals surface area contributed by atoms with Crippen LogP contribution in [0.15, 0.2) is 24.8 Å². The number of carbonyl (C=O) groups excluding carboxylic acids is 2. The number of imidazole rings is 2. The van der Waals surface area contributed by atoms with Gasteiger partial charge in [-0.1, -0.05) is 6.92 Å². The number of aryl methyl sites for hydroxylation is 4. The Labute approximate surface area is 172 Å². The molecule has 158 valence electrons. The van der Waals surface area contributed by atoms with Crippen LogP contribution < -0.4 is 19.8 Å². The van der Waals surface area contributed by atoms with E-state index in [0.717, 1.165) is 32.4 Å². The average Bonchev–Trinajstić information content (AvgIpc) is 3.26. The third-order valence-electron chi connectivity index (χ3n) is 6.17. The quantitative estimate of drug-likeness (QED) is 0.698. The number of carbonyl (C=O) groups is 2. The lowest BCUT2D eigenvalue weighted by Gasteiger charge is -2.36. The maximum absolute atomic E-state index is 12.9. The Morgan fingerprint density at radius 3 is 1.72 bits per heavy atom. The van der Waals surface area contributed by atoms with E-state index in [9.17, 15) is 9.59 Å². The molecule has 0 saturated heterocycles. The smallest absolute Gasteiger partial charge is 0.342 e. The van der Waals surface area contributed by atoms with Gasteiger partial charge in [0.25, 0.3) is 0 Å². The van der Waals surface area contributed by atoms with E-state index in [4.69, 9.17) is 0 Å². The van der Waals surface area contributed by atoms with Crippen molar-refractivity contribution in [2.45, 2.75) is 65.2 Å². The minimum absolute atomic E-state index is 0.0356. The number of nitrogens with zero attached hydrogens (tertiary/aromatic N) is 4. The van der Waals surface area contributed by atoms with Gasteiger partial charge in [0.15, 0.2) is 0 Å². The summed E-state index contributed by atoms with van der Waals surface area (Å²) in [5, 5.41) is 6.43. The molecule has 2 unspecified atom stereocenters. The van der Waals surface area contributed by atoms with Crippen LogP contribution in [-0.4, -0.2) is 33.0 Å². The summed E-state index contributed by atoms with van der Waals surface area (Å²) in [5.41, 5.74) is 0. The van der Waals surface area contributed by atoms with Gasteiger partial charge in [-0.2, -0.15) is 0 Å². The summed E-state index contributed by atoms with van der Waals surface area (Å²) < 4.78 is 7.59. The summed E-state index contributed by atoms with van der Waals surface area (Å²) in [5.74, 6) is 1.34. The van der Waals surface area contributed by atoms with Gasteiger partial charge in [0.1, 0.15) is 24.8 Å². The highest BCUT2D eigenvalue weighted by molar-refractivity contribution is 5.90. The molecule has 1 aliphatic rings. The van der Waals surface area contributed by atoms with E-state index in [1.165, 1.54) is 0 Å². The molecule has 0 radical (unpaired) electrons. The number of hydrogen-bond acceptors (Lipinski definition) is 2. The van der Waals surface area contributed by atoms with Crippen LogP contribution >= 0.6 is 0 Å². The van der Waals surface area contributed by atoms with E-state index < -0.39 is 0 Å². The number of rotatable bonds is 6. The third-order valence-corrected chi connectivity index (χ3v) is 6.17. The maximum Gasteiger partial charge on any atom is 0.347 e. The molecule has 8 heteroatoms. The zero-order valence-electron chi connectivity index (χ0n) is 18.2. The van der Waals surface area contributed by atoms with Crippen LogP contribution in [0.4, 0.5) is 0 Å². The van der Waals surface area contributed by atoms with Gasteiger partial charge in [0.05, 0.1) is 27.2 Å². The summed E-state index contributed by atoms with van der Waals surface area (Å²) in [6.07, 6.45) is 10.5. The van der Waals surface area contributed by atoms with Crippen LogP contribution in [0.2, 0.25) is 0 Å². The lowest BCUT2D eigenvalue weighted by molar-refractivity contribution is -0.673. The zero-order chi connectivity index (χ0) is 21.1. The fourth-order valence-corrected chi connectivity index (χ4v) is 4.38. The molecule has 0 aliphatic heterocycles. The van der Waals surface area contributed by atoms with E-state index in [1.54, 1.807) is 0 Å². The molecule has 0 spiro atoms. The van der Waals surface area contributed by atoms with Crippen LogP contribution in [0.1, 0.15) is 61.3 Å². The molecule has 2 amide bonds. The maximum atomic E-state index is 12.9. The van der Waals surface area contributed by atoms with Crippen LogP contribution in [-0.2, 0) is 27.2 Å². The third kappa shape index (κ3) is 4.21. The van der Waals surface area contributed by atoms with Crippen LogP contribution in [0.5, 0.6) is 0 Å². The second-order valence-corrected chi connectivity index (χ2v) is 7.99. The molecule has 2 aromatic rings. The van der Waals surface area contributed by atoms with Gasteiger partial charge >= 0.3 is 23.5 Å². The topological polar surface area (TPSA) is 75.8 Å². The van der Waals surface area contributed by atoms with Crippen molar-refractivity contribution in [1.29, 1.82) is 0 Å². The van der Waals surface area contributed by atoms with E-state index in [-0.39, 0.29) is 29.8 Å². The predicted octanol–water partition coefficient (Wildman–Crippen LogP) is 0.695. The Bertz CT molecular complexity index is 814. The Hall–Kier alpha value is -2.64. The fourth-order valence-electron chi connectivity index (χ4n) is 4.38. The first-order valence-electron chi connectivity index (χ1n) is 10.6. The summed E-state index contributed by atoms with van der Waals surface area (Å²) in [6, 6.07) is 0.0712. The second kappa shape index (κ2) is 8.80. The first kappa shape index (κ1) is 21.1. The monoisotopic (exact) mass is 402 g/mol. The van der Waals surface area contributed by atoms with Gasteiger partial charge < -0.3 is 10.6 Å². The highest BCUT2D eigenvalue weighted by Gasteiger charge is 2.36. The van der Waals surface area contributed by atoms with Gasteiger partial charge in [-0.3, -0.25) is 9.59 Å². The Morgan fingerprint density at radius 2 is 1.34 bits per heavy atom. The van der Waals surface area contributed by atoms with Crippen molar-refractivity contribution in [1.82, 2.24) is 19.8 Å². The lowest BCUT2D eigenvalue weighted by atomic mass is 9.81. The molecule has 0 aromatic carbocycles. The minimum atomic E-state index is -0.0607.